The van der Waals surface area contributed by atoms with Gasteiger partial charge in [0, 0.05) is 19.0 Å². The fraction of sp³-hybridized carbons (Fsp3) is 0.562. The molecule has 0 aliphatic rings. The maximum absolute atomic E-state index is 10.9. The van der Waals surface area contributed by atoms with Gasteiger partial charge in [0.2, 0.25) is 5.91 Å². The minimum absolute atomic E-state index is 0.00247. The van der Waals surface area contributed by atoms with E-state index in [1.54, 1.807) is 7.11 Å². The first-order valence-corrected chi connectivity index (χ1v) is 6.68. The lowest BCUT2D eigenvalue weighted by Crippen LogP contribution is -2.23. The Kier molecular flexibility index (Phi) is 4.98. The summed E-state index contributed by atoms with van der Waals surface area (Å²) >= 11 is 0. The molecule has 0 heterocycles. The maximum atomic E-state index is 10.9. The van der Waals surface area contributed by atoms with E-state index in [-0.39, 0.29) is 11.3 Å². The van der Waals surface area contributed by atoms with Crippen LogP contribution >= 0.6 is 0 Å². The Balaban J connectivity index is 3.09. The zero-order chi connectivity index (χ0) is 14.6. The van der Waals surface area contributed by atoms with Crippen molar-refractivity contribution in [3.63, 3.8) is 0 Å². The lowest BCUT2D eigenvalue weighted by atomic mass is 9.83. The summed E-state index contributed by atoms with van der Waals surface area (Å²) in [5.74, 6) is 0.950. The average molecular weight is 263 g/mol. The van der Waals surface area contributed by atoms with Gasteiger partial charge in [-0.1, -0.05) is 38.5 Å². The third-order valence-electron chi connectivity index (χ3n) is 3.09. The summed E-state index contributed by atoms with van der Waals surface area (Å²) in [4.78, 5) is 10.9. The van der Waals surface area contributed by atoms with Crippen molar-refractivity contribution in [3.8, 4) is 5.75 Å². The zero-order valence-electron chi connectivity index (χ0n) is 12.9. The van der Waals surface area contributed by atoms with Gasteiger partial charge >= 0.3 is 0 Å². The number of rotatable bonds is 4. The molecule has 106 valence electrons. The largest absolute Gasteiger partial charge is 0.496 e. The molecule has 0 fully saturated rings. The number of carbonyl (C=O) groups is 1. The van der Waals surface area contributed by atoms with Gasteiger partial charge in [-0.2, -0.15) is 0 Å². The van der Waals surface area contributed by atoms with Gasteiger partial charge in [0.05, 0.1) is 7.11 Å². The lowest BCUT2D eigenvalue weighted by Gasteiger charge is -2.25. The second-order valence-corrected chi connectivity index (χ2v) is 5.99. The monoisotopic (exact) mass is 263 g/mol. The van der Waals surface area contributed by atoms with E-state index in [2.05, 4.69) is 45.1 Å². The predicted molar refractivity (Wildman–Crippen MR) is 78.8 cm³/mol. The molecular weight excluding hydrogens is 238 g/mol. The maximum Gasteiger partial charge on any atom is 0.216 e. The van der Waals surface area contributed by atoms with Gasteiger partial charge in [0.25, 0.3) is 0 Å². The highest BCUT2D eigenvalue weighted by Gasteiger charge is 2.21. The van der Waals surface area contributed by atoms with Gasteiger partial charge in [0.15, 0.2) is 0 Å². The van der Waals surface area contributed by atoms with E-state index in [0.29, 0.717) is 6.54 Å². The second-order valence-electron chi connectivity index (χ2n) is 5.99. The van der Waals surface area contributed by atoms with Crippen molar-refractivity contribution in [1.82, 2.24) is 5.32 Å². The highest BCUT2D eigenvalue weighted by atomic mass is 16.5. The molecule has 3 heteroatoms. The molecule has 1 N–H and O–H groups in total. The van der Waals surface area contributed by atoms with E-state index < -0.39 is 0 Å². The Labute approximate surface area is 116 Å². The average Bonchev–Trinajstić information content (AvgIpc) is 2.26. The fourth-order valence-electron chi connectivity index (χ4n) is 2.21. The number of hydrogen-bond donors (Lipinski definition) is 1. The van der Waals surface area contributed by atoms with Crippen molar-refractivity contribution in [1.29, 1.82) is 0 Å². The minimum Gasteiger partial charge on any atom is -0.496 e. The molecule has 3 nitrogen and oxygen atoms in total. The first-order valence-electron chi connectivity index (χ1n) is 6.68. The summed E-state index contributed by atoms with van der Waals surface area (Å²) in [6, 6.07) is 4.32. The number of ether oxygens (including phenoxy) is 1. The van der Waals surface area contributed by atoms with Gasteiger partial charge < -0.3 is 10.1 Å². The van der Waals surface area contributed by atoms with Gasteiger partial charge in [-0.05, 0) is 24.3 Å². The Morgan fingerprint density at radius 2 is 1.95 bits per heavy atom. The van der Waals surface area contributed by atoms with Crippen LogP contribution in [0.1, 0.15) is 44.4 Å². The SMILES string of the molecule is COc1c(CCNC(C)=O)cc(C)cc1C(C)(C)C. The highest BCUT2D eigenvalue weighted by Crippen LogP contribution is 2.35. The van der Waals surface area contributed by atoms with E-state index in [4.69, 9.17) is 4.74 Å². The van der Waals surface area contributed by atoms with Crippen LogP contribution in [0.2, 0.25) is 0 Å². The topological polar surface area (TPSA) is 38.3 Å². The predicted octanol–water partition coefficient (Wildman–Crippen LogP) is 2.98. The van der Waals surface area contributed by atoms with E-state index in [1.165, 1.54) is 18.1 Å². The van der Waals surface area contributed by atoms with Crippen LogP contribution in [0.4, 0.5) is 0 Å². The Morgan fingerprint density at radius 3 is 2.42 bits per heavy atom. The molecule has 0 saturated carbocycles. The van der Waals surface area contributed by atoms with Crippen LogP contribution in [-0.4, -0.2) is 19.6 Å². The van der Waals surface area contributed by atoms with Crippen molar-refractivity contribution in [2.45, 2.75) is 46.5 Å². The van der Waals surface area contributed by atoms with Gasteiger partial charge in [0.1, 0.15) is 5.75 Å². The van der Waals surface area contributed by atoms with Crippen molar-refractivity contribution >= 4 is 5.91 Å². The molecule has 0 aliphatic carbocycles. The molecule has 1 amide bonds. The van der Waals surface area contributed by atoms with Crippen molar-refractivity contribution in [2.24, 2.45) is 0 Å². The summed E-state index contributed by atoms with van der Waals surface area (Å²) in [5, 5.41) is 2.83. The smallest absolute Gasteiger partial charge is 0.216 e. The molecule has 0 atom stereocenters. The first kappa shape index (κ1) is 15.5. The third kappa shape index (κ3) is 4.27. The fourth-order valence-corrected chi connectivity index (χ4v) is 2.21. The van der Waals surface area contributed by atoms with E-state index >= 15 is 0 Å². The molecule has 19 heavy (non-hydrogen) atoms. The quantitative estimate of drug-likeness (QED) is 0.907. The highest BCUT2D eigenvalue weighted by molar-refractivity contribution is 5.72. The molecule has 1 aromatic carbocycles. The zero-order valence-corrected chi connectivity index (χ0v) is 12.9. The summed E-state index contributed by atoms with van der Waals surface area (Å²) in [7, 11) is 1.71. The van der Waals surface area contributed by atoms with Crippen LogP contribution in [0.15, 0.2) is 12.1 Å². The summed E-state index contributed by atoms with van der Waals surface area (Å²) in [6.07, 6.45) is 0.785. The summed E-state index contributed by atoms with van der Waals surface area (Å²) < 4.78 is 5.60. The van der Waals surface area contributed by atoms with E-state index in [1.807, 2.05) is 0 Å². The number of carbonyl (C=O) groups excluding carboxylic acids is 1. The van der Waals surface area contributed by atoms with Crippen LogP contribution in [0.25, 0.3) is 0 Å². The standard InChI is InChI=1S/C16H25NO2/c1-11-9-13(7-8-17-12(2)18)15(19-6)14(10-11)16(3,4)5/h9-10H,7-8H2,1-6H3,(H,17,18). The van der Waals surface area contributed by atoms with Crippen LogP contribution in [0.3, 0.4) is 0 Å². The van der Waals surface area contributed by atoms with E-state index in [0.717, 1.165) is 17.7 Å². The first-order chi connectivity index (χ1) is 8.75. The second kappa shape index (κ2) is 6.09. The Hall–Kier alpha value is -1.51. The van der Waals surface area contributed by atoms with Crippen LogP contribution in [0.5, 0.6) is 5.75 Å². The van der Waals surface area contributed by atoms with Crippen LogP contribution < -0.4 is 10.1 Å². The lowest BCUT2D eigenvalue weighted by molar-refractivity contribution is -0.118. The molecule has 0 saturated heterocycles. The van der Waals surface area contributed by atoms with Crippen molar-refractivity contribution in [3.05, 3.63) is 28.8 Å². The number of aryl methyl sites for hydroxylation is 1. The van der Waals surface area contributed by atoms with Crippen molar-refractivity contribution < 1.29 is 9.53 Å². The normalized spacial score (nSPS) is 11.3. The van der Waals surface area contributed by atoms with Crippen LogP contribution in [0, 0.1) is 6.92 Å². The number of nitrogens with one attached hydrogen (secondary N) is 1. The Morgan fingerprint density at radius 1 is 1.32 bits per heavy atom. The third-order valence-corrected chi connectivity index (χ3v) is 3.09. The molecule has 0 bridgehead atoms. The molecular formula is C16H25NO2. The molecule has 1 aromatic rings. The molecule has 0 aromatic heterocycles. The minimum atomic E-state index is 0.00247. The van der Waals surface area contributed by atoms with E-state index in [9.17, 15) is 4.79 Å². The van der Waals surface area contributed by atoms with Gasteiger partial charge in [-0.15, -0.1) is 0 Å². The van der Waals surface area contributed by atoms with Crippen LogP contribution in [-0.2, 0) is 16.6 Å². The molecule has 1 rings (SSSR count). The van der Waals surface area contributed by atoms with Crippen molar-refractivity contribution in [2.75, 3.05) is 13.7 Å². The van der Waals surface area contributed by atoms with Gasteiger partial charge in [-0.25, -0.2) is 0 Å². The Bertz CT molecular complexity index is 459. The number of benzene rings is 1. The number of hydrogen-bond acceptors (Lipinski definition) is 2. The van der Waals surface area contributed by atoms with Gasteiger partial charge in [-0.3, -0.25) is 4.79 Å². The molecule has 0 spiro atoms. The summed E-state index contributed by atoms with van der Waals surface area (Å²) in [5.41, 5.74) is 3.64. The number of amides is 1. The molecule has 0 unspecified atom stereocenters. The number of methoxy groups -OCH3 is 1. The molecule has 0 radical (unpaired) electrons. The summed E-state index contributed by atoms with van der Waals surface area (Å²) in [6.45, 7) is 10.8. The molecule has 0 aliphatic heterocycles.